The lowest BCUT2D eigenvalue weighted by atomic mass is 10.1. The van der Waals surface area contributed by atoms with Gasteiger partial charge in [0.15, 0.2) is 0 Å². The molecule has 0 unspecified atom stereocenters. The fourth-order valence-corrected chi connectivity index (χ4v) is 3.48. The lowest BCUT2D eigenvalue weighted by Gasteiger charge is -2.36. The first-order valence-corrected chi connectivity index (χ1v) is 8.23. The van der Waals surface area contributed by atoms with Crippen LogP contribution < -0.4 is 4.90 Å². The van der Waals surface area contributed by atoms with E-state index in [0.717, 1.165) is 31.1 Å². The van der Waals surface area contributed by atoms with Crippen LogP contribution in [-0.4, -0.2) is 37.0 Å². The number of benzene rings is 1. The van der Waals surface area contributed by atoms with Crippen molar-refractivity contribution >= 4 is 22.9 Å². The van der Waals surface area contributed by atoms with Crippen molar-refractivity contribution in [1.82, 2.24) is 4.90 Å². The highest BCUT2D eigenvalue weighted by molar-refractivity contribution is 7.10. The van der Waals surface area contributed by atoms with Crippen molar-refractivity contribution in [3.8, 4) is 0 Å². The molecule has 0 saturated carbocycles. The van der Waals surface area contributed by atoms with Gasteiger partial charge in [-0.15, -0.1) is 11.3 Å². The molecule has 0 N–H and O–H groups in total. The highest BCUT2D eigenvalue weighted by Crippen LogP contribution is 2.21. The monoisotopic (exact) mass is 300 g/mol. The quantitative estimate of drug-likeness (QED) is 0.870. The summed E-state index contributed by atoms with van der Waals surface area (Å²) in [6.07, 6.45) is 0.544. The summed E-state index contributed by atoms with van der Waals surface area (Å²) in [6, 6.07) is 12.5. The van der Waals surface area contributed by atoms with E-state index >= 15 is 0 Å². The van der Waals surface area contributed by atoms with Gasteiger partial charge in [-0.3, -0.25) is 4.79 Å². The van der Waals surface area contributed by atoms with Crippen molar-refractivity contribution in [1.29, 1.82) is 0 Å². The van der Waals surface area contributed by atoms with Crippen LogP contribution in [0.5, 0.6) is 0 Å². The van der Waals surface area contributed by atoms with Gasteiger partial charge < -0.3 is 9.80 Å². The maximum Gasteiger partial charge on any atom is 0.227 e. The van der Waals surface area contributed by atoms with E-state index in [0.29, 0.717) is 6.42 Å². The van der Waals surface area contributed by atoms with Crippen LogP contribution in [0.3, 0.4) is 0 Å². The molecule has 0 aliphatic carbocycles. The number of carbonyl (C=O) groups excluding carboxylic acids is 1. The van der Waals surface area contributed by atoms with Gasteiger partial charge in [0.1, 0.15) is 0 Å². The largest absolute Gasteiger partial charge is 0.368 e. The SMILES string of the molecule is Cc1ccccc1N1CCN(C(=O)Cc2cccs2)CC1. The highest BCUT2D eigenvalue weighted by Gasteiger charge is 2.22. The summed E-state index contributed by atoms with van der Waals surface area (Å²) in [6.45, 7) is 5.61. The number of thiophene rings is 1. The van der Waals surface area contributed by atoms with E-state index < -0.39 is 0 Å². The van der Waals surface area contributed by atoms with Crippen LogP contribution in [-0.2, 0) is 11.2 Å². The zero-order valence-electron chi connectivity index (χ0n) is 12.3. The Morgan fingerprint density at radius 2 is 1.86 bits per heavy atom. The van der Waals surface area contributed by atoms with E-state index in [9.17, 15) is 4.79 Å². The molecule has 2 heterocycles. The van der Waals surface area contributed by atoms with E-state index in [-0.39, 0.29) is 5.91 Å². The molecule has 0 atom stereocenters. The van der Waals surface area contributed by atoms with Crippen molar-refractivity contribution in [3.63, 3.8) is 0 Å². The Hall–Kier alpha value is -1.81. The van der Waals surface area contributed by atoms with Crippen molar-refractivity contribution in [2.75, 3.05) is 31.1 Å². The molecule has 110 valence electrons. The minimum absolute atomic E-state index is 0.252. The van der Waals surface area contributed by atoms with Crippen molar-refractivity contribution in [2.24, 2.45) is 0 Å². The van der Waals surface area contributed by atoms with Crippen molar-refractivity contribution in [3.05, 3.63) is 52.2 Å². The second kappa shape index (κ2) is 6.31. The number of rotatable bonds is 3. The number of nitrogens with zero attached hydrogens (tertiary/aromatic N) is 2. The van der Waals surface area contributed by atoms with E-state index in [2.05, 4.69) is 36.1 Å². The number of piperazine rings is 1. The predicted octanol–water partition coefficient (Wildman–Crippen LogP) is 2.95. The van der Waals surface area contributed by atoms with Crippen LogP contribution in [0.15, 0.2) is 41.8 Å². The Balaban J connectivity index is 1.58. The Morgan fingerprint density at radius 3 is 2.52 bits per heavy atom. The maximum absolute atomic E-state index is 12.3. The number of anilines is 1. The molecule has 1 fully saturated rings. The molecule has 3 nitrogen and oxygen atoms in total. The third-order valence-corrected chi connectivity index (χ3v) is 4.87. The summed E-state index contributed by atoms with van der Waals surface area (Å²) in [4.78, 5) is 17.8. The first-order valence-electron chi connectivity index (χ1n) is 7.35. The van der Waals surface area contributed by atoms with Crippen molar-refractivity contribution < 1.29 is 4.79 Å². The molecular formula is C17H20N2OS. The second-order valence-electron chi connectivity index (χ2n) is 5.41. The van der Waals surface area contributed by atoms with Gasteiger partial charge in [-0.2, -0.15) is 0 Å². The maximum atomic E-state index is 12.3. The molecule has 1 saturated heterocycles. The highest BCUT2D eigenvalue weighted by atomic mass is 32.1. The molecule has 1 aliphatic heterocycles. The average molecular weight is 300 g/mol. The minimum atomic E-state index is 0.252. The number of para-hydroxylation sites is 1. The Kier molecular flexibility index (Phi) is 4.25. The number of hydrogen-bond acceptors (Lipinski definition) is 3. The summed E-state index contributed by atoms with van der Waals surface area (Å²) >= 11 is 1.66. The minimum Gasteiger partial charge on any atom is -0.368 e. The van der Waals surface area contributed by atoms with E-state index in [1.165, 1.54) is 11.3 Å². The summed E-state index contributed by atoms with van der Waals surface area (Å²) in [7, 11) is 0. The summed E-state index contributed by atoms with van der Waals surface area (Å²) in [5.41, 5.74) is 2.60. The topological polar surface area (TPSA) is 23.6 Å². The lowest BCUT2D eigenvalue weighted by Crippen LogP contribution is -2.49. The van der Waals surface area contributed by atoms with Crippen LogP contribution in [0.1, 0.15) is 10.4 Å². The average Bonchev–Trinajstić information content (AvgIpc) is 3.01. The van der Waals surface area contributed by atoms with Crippen molar-refractivity contribution in [2.45, 2.75) is 13.3 Å². The summed E-state index contributed by atoms with van der Waals surface area (Å²) < 4.78 is 0. The van der Waals surface area contributed by atoms with Gasteiger partial charge in [0.2, 0.25) is 5.91 Å². The van der Waals surface area contributed by atoms with Crippen LogP contribution in [0, 0.1) is 6.92 Å². The van der Waals surface area contributed by atoms with Gasteiger partial charge in [-0.1, -0.05) is 24.3 Å². The van der Waals surface area contributed by atoms with Crippen LogP contribution in [0.4, 0.5) is 5.69 Å². The first-order chi connectivity index (χ1) is 10.2. The number of carbonyl (C=O) groups is 1. The smallest absolute Gasteiger partial charge is 0.227 e. The van der Waals surface area contributed by atoms with Gasteiger partial charge in [-0.25, -0.2) is 0 Å². The molecule has 1 aliphatic rings. The first kappa shape index (κ1) is 14.1. The van der Waals surface area contributed by atoms with E-state index in [1.54, 1.807) is 11.3 Å². The number of amides is 1. The zero-order chi connectivity index (χ0) is 14.7. The molecule has 2 aromatic rings. The second-order valence-corrected chi connectivity index (χ2v) is 6.44. The zero-order valence-corrected chi connectivity index (χ0v) is 13.1. The molecule has 1 aromatic heterocycles. The normalized spacial score (nSPS) is 15.3. The molecule has 0 radical (unpaired) electrons. The van der Waals surface area contributed by atoms with Gasteiger partial charge in [0.25, 0.3) is 0 Å². The summed E-state index contributed by atoms with van der Waals surface area (Å²) in [5.74, 6) is 0.252. The Morgan fingerprint density at radius 1 is 1.10 bits per heavy atom. The summed E-state index contributed by atoms with van der Waals surface area (Å²) in [5, 5.41) is 2.03. The molecule has 4 heteroatoms. The third kappa shape index (κ3) is 3.27. The third-order valence-electron chi connectivity index (χ3n) is 3.99. The van der Waals surface area contributed by atoms with Gasteiger partial charge in [-0.05, 0) is 30.0 Å². The standard InChI is InChI=1S/C17H20N2OS/c1-14-5-2-3-7-16(14)18-8-10-19(11-9-18)17(20)13-15-6-4-12-21-15/h2-7,12H,8-11,13H2,1H3. The molecule has 0 bridgehead atoms. The van der Waals surface area contributed by atoms with Crippen LogP contribution in [0.2, 0.25) is 0 Å². The molecule has 3 rings (SSSR count). The Labute approximate surface area is 129 Å². The molecule has 0 spiro atoms. The van der Waals surface area contributed by atoms with E-state index in [1.807, 2.05) is 22.4 Å². The fraction of sp³-hybridized carbons (Fsp3) is 0.353. The molecule has 1 aromatic carbocycles. The number of hydrogen-bond donors (Lipinski definition) is 0. The molecule has 1 amide bonds. The molecule has 21 heavy (non-hydrogen) atoms. The predicted molar refractivity (Wildman–Crippen MR) is 88.0 cm³/mol. The van der Waals surface area contributed by atoms with Gasteiger partial charge >= 0.3 is 0 Å². The fourth-order valence-electron chi connectivity index (χ4n) is 2.79. The van der Waals surface area contributed by atoms with Crippen LogP contribution in [0.25, 0.3) is 0 Å². The number of aryl methyl sites for hydroxylation is 1. The lowest BCUT2D eigenvalue weighted by molar-refractivity contribution is -0.130. The van der Waals surface area contributed by atoms with E-state index in [4.69, 9.17) is 0 Å². The Bertz CT molecular complexity index is 601. The van der Waals surface area contributed by atoms with Crippen LogP contribution >= 0.6 is 11.3 Å². The van der Waals surface area contributed by atoms with Gasteiger partial charge in [0.05, 0.1) is 6.42 Å². The molecular weight excluding hydrogens is 280 g/mol. The van der Waals surface area contributed by atoms with Gasteiger partial charge in [0, 0.05) is 36.7 Å².